The normalized spacial score (nSPS) is 11.9. The second-order valence-electron chi connectivity index (χ2n) is 5.30. The van der Waals surface area contributed by atoms with Crippen LogP contribution in [0.25, 0.3) is 0 Å². The Morgan fingerprint density at radius 3 is 2.48 bits per heavy atom. The van der Waals surface area contributed by atoms with E-state index in [0.29, 0.717) is 0 Å². The molecule has 5 heteroatoms. The lowest BCUT2D eigenvalue weighted by atomic mass is 9.80. The molecule has 0 aliphatic heterocycles. The van der Waals surface area contributed by atoms with Crippen molar-refractivity contribution in [1.29, 1.82) is 0 Å². The third-order valence-corrected chi connectivity index (χ3v) is 6.24. The number of rotatable bonds is 6. The van der Waals surface area contributed by atoms with Gasteiger partial charge < -0.3 is 0 Å². The van der Waals surface area contributed by atoms with Crippen LogP contribution in [0.2, 0.25) is 5.02 Å². The minimum atomic E-state index is -0.0856. The van der Waals surface area contributed by atoms with Crippen LogP contribution >= 0.6 is 43.5 Å². The van der Waals surface area contributed by atoms with Crippen molar-refractivity contribution in [2.24, 2.45) is 0 Å². The molecule has 0 atom stereocenters. The minimum Gasteiger partial charge on any atom is -0.270 e. The smallest absolute Gasteiger partial charge is 0.0596 e. The first-order valence-corrected chi connectivity index (χ1v) is 9.58. The molecular weight excluding hydrogens is 415 g/mol. The number of benzene rings is 1. The predicted molar refractivity (Wildman–Crippen MR) is 97.1 cm³/mol. The van der Waals surface area contributed by atoms with E-state index in [9.17, 15) is 0 Å². The quantitative estimate of drug-likeness (QED) is 0.576. The fourth-order valence-electron chi connectivity index (χ4n) is 2.62. The van der Waals surface area contributed by atoms with Crippen molar-refractivity contribution in [3.05, 3.63) is 52.3 Å². The second kappa shape index (κ2) is 7.30. The molecule has 0 bridgehead atoms. The average Bonchev–Trinajstić information content (AvgIpc) is 2.85. The summed E-state index contributed by atoms with van der Waals surface area (Å²) < 4.78 is 2.08. The standard InChI is InChI=1S/C16H19Br2ClN2/c1-3-21-13(8-12(2)20-21)9-16(10-17,11-18)14-6-4-5-7-15(14)19/h4-8H,3,9-11H2,1-2H3. The van der Waals surface area contributed by atoms with E-state index in [1.807, 2.05) is 25.1 Å². The number of hydrogen-bond donors (Lipinski definition) is 0. The first-order valence-electron chi connectivity index (χ1n) is 6.96. The van der Waals surface area contributed by atoms with E-state index in [2.05, 4.69) is 60.7 Å². The number of alkyl halides is 2. The molecular formula is C16H19Br2ClN2. The largest absolute Gasteiger partial charge is 0.270 e. The summed E-state index contributed by atoms with van der Waals surface area (Å²) in [4.78, 5) is 0. The number of hydrogen-bond acceptors (Lipinski definition) is 1. The van der Waals surface area contributed by atoms with Gasteiger partial charge in [0, 0.05) is 39.8 Å². The van der Waals surface area contributed by atoms with Crippen LogP contribution in [0.1, 0.15) is 23.9 Å². The van der Waals surface area contributed by atoms with E-state index in [1.54, 1.807) is 0 Å². The van der Waals surface area contributed by atoms with Gasteiger partial charge in [-0.3, -0.25) is 4.68 Å². The average molecular weight is 435 g/mol. The van der Waals surface area contributed by atoms with E-state index < -0.39 is 0 Å². The van der Waals surface area contributed by atoms with Crippen molar-refractivity contribution >= 4 is 43.5 Å². The summed E-state index contributed by atoms with van der Waals surface area (Å²) in [5, 5.41) is 7.04. The first kappa shape index (κ1) is 17.0. The van der Waals surface area contributed by atoms with Crippen molar-refractivity contribution in [3.63, 3.8) is 0 Å². The van der Waals surface area contributed by atoms with Crippen molar-refractivity contribution in [1.82, 2.24) is 9.78 Å². The zero-order valence-corrected chi connectivity index (χ0v) is 16.2. The molecule has 1 aromatic carbocycles. The molecule has 0 N–H and O–H groups in total. The van der Waals surface area contributed by atoms with Crippen LogP contribution in [0.4, 0.5) is 0 Å². The molecule has 2 rings (SSSR count). The molecule has 0 spiro atoms. The highest BCUT2D eigenvalue weighted by Gasteiger charge is 2.33. The van der Waals surface area contributed by atoms with Crippen LogP contribution in [0.15, 0.2) is 30.3 Å². The monoisotopic (exact) mass is 432 g/mol. The fraction of sp³-hybridized carbons (Fsp3) is 0.438. The Hall–Kier alpha value is -0.320. The van der Waals surface area contributed by atoms with Gasteiger partial charge in [-0.25, -0.2) is 0 Å². The lowest BCUT2D eigenvalue weighted by Gasteiger charge is -2.31. The van der Waals surface area contributed by atoms with Gasteiger partial charge in [0.1, 0.15) is 0 Å². The number of halogens is 3. The van der Waals surface area contributed by atoms with Crippen molar-refractivity contribution in [2.45, 2.75) is 32.2 Å². The number of nitrogens with zero attached hydrogens (tertiary/aromatic N) is 2. The maximum absolute atomic E-state index is 6.45. The molecule has 1 heterocycles. The van der Waals surface area contributed by atoms with E-state index in [0.717, 1.165) is 34.3 Å². The van der Waals surface area contributed by atoms with Gasteiger partial charge in [0.25, 0.3) is 0 Å². The van der Waals surface area contributed by atoms with Crippen LogP contribution in [0.5, 0.6) is 0 Å². The van der Waals surface area contributed by atoms with E-state index in [1.165, 1.54) is 11.3 Å². The molecule has 114 valence electrons. The summed E-state index contributed by atoms with van der Waals surface area (Å²) in [6.07, 6.45) is 0.891. The topological polar surface area (TPSA) is 17.8 Å². The second-order valence-corrected chi connectivity index (χ2v) is 6.83. The highest BCUT2D eigenvalue weighted by molar-refractivity contribution is 9.09. The highest BCUT2D eigenvalue weighted by Crippen LogP contribution is 2.37. The van der Waals surface area contributed by atoms with E-state index >= 15 is 0 Å². The Morgan fingerprint density at radius 2 is 1.90 bits per heavy atom. The summed E-state index contributed by atoms with van der Waals surface area (Å²) in [7, 11) is 0. The van der Waals surface area contributed by atoms with Gasteiger partial charge in [-0.2, -0.15) is 5.10 Å². The molecule has 0 amide bonds. The van der Waals surface area contributed by atoms with Gasteiger partial charge in [0.15, 0.2) is 0 Å². The molecule has 0 radical (unpaired) electrons. The lowest BCUT2D eigenvalue weighted by molar-refractivity contribution is 0.508. The highest BCUT2D eigenvalue weighted by atomic mass is 79.9. The molecule has 0 fully saturated rings. The molecule has 2 aromatic rings. The summed E-state index contributed by atoms with van der Waals surface area (Å²) in [5.41, 5.74) is 3.39. The van der Waals surface area contributed by atoms with Crippen LogP contribution in [0.3, 0.4) is 0 Å². The first-order chi connectivity index (χ1) is 10.1. The maximum atomic E-state index is 6.45. The van der Waals surface area contributed by atoms with Crippen LogP contribution in [0, 0.1) is 6.92 Å². The van der Waals surface area contributed by atoms with Gasteiger partial charge in [-0.15, -0.1) is 0 Å². The van der Waals surface area contributed by atoms with Crippen molar-refractivity contribution in [2.75, 3.05) is 10.7 Å². The summed E-state index contributed by atoms with van der Waals surface area (Å²) in [5.74, 6) is 0. The molecule has 0 aliphatic carbocycles. The fourth-order valence-corrected chi connectivity index (χ4v) is 4.89. The van der Waals surface area contributed by atoms with Gasteiger partial charge >= 0.3 is 0 Å². The van der Waals surface area contributed by atoms with Crippen LogP contribution in [-0.2, 0) is 18.4 Å². The van der Waals surface area contributed by atoms with Crippen LogP contribution in [-0.4, -0.2) is 20.4 Å². The summed E-state index contributed by atoms with van der Waals surface area (Å²) in [6.45, 7) is 5.04. The van der Waals surface area contributed by atoms with Gasteiger partial charge in [0.05, 0.1) is 5.69 Å². The van der Waals surface area contributed by atoms with Crippen molar-refractivity contribution in [3.8, 4) is 0 Å². The number of aryl methyl sites for hydroxylation is 2. The Balaban J connectivity index is 2.45. The predicted octanol–water partition coefficient (Wildman–Crippen LogP) is 5.14. The van der Waals surface area contributed by atoms with Gasteiger partial charge in [0.2, 0.25) is 0 Å². The van der Waals surface area contributed by atoms with E-state index in [-0.39, 0.29) is 5.41 Å². The Morgan fingerprint density at radius 1 is 1.24 bits per heavy atom. The SMILES string of the molecule is CCn1nc(C)cc1CC(CBr)(CBr)c1ccccc1Cl. The third-order valence-electron chi connectivity index (χ3n) is 3.76. The molecule has 0 saturated carbocycles. The van der Waals surface area contributed by atoms with Crippen LogP contribution < -0.4 is 0 Å². The zero-order valence-electron chi connectivity index (χ0n) is 12.2. The van der Waals surface area contributed by atoms with Gasteiger partial charge in [-0.05, 0) is 31.5 Å². The zero-order chi connectivity index (χ0) is 15.5. The van der Waals surface area contributed by atoms with E-state index in [4.69, 9.17) is 11.6 Å². The molecule has 1 aromatic heterocycles. The third kappa shape index (κ3) is 3.54. The summed E-state index contributed by atoms with van der Waals surface area (Å²) >= 11 is 13.8. The Labute approximate surface area is 148 Å². The number of aromatic nitrogens is 2. The van der Waals surface area contributed by atoms with Crippen molar-refractivity contribution < 1.29 is 0 Å². The maximum Gasteiger partial charge on any atom is 0.0596 e. The Bertz CT molecular complexity index is 606. The minimum absolute atomic E-state index is 0.0856. The summed E-state index contributed by atoms with van der Waals surface area (Å²) in [6, 6.07) is 10.3. The molecule has 2 nitrogen and oxygen atoms in total. The molecule has 0 unspecified atom stereocenters. The molecule has 21 heavy (non-hydrogen) atoms. The lowest BCUT2D eigenvalue weighted by Crippen LogP contribution is -2.34. The molecule has 0 aliphatic rings. The Kier molecular flexibility index (Phi) is 5.92. The van der Waals surface area contributed by atoms with Gasteiger partial charge in [-0.1, -0.05) is 61.7 Å². The molecule has 0 saturated heterocycles.